The number of hydrogen-bond donors (Lipinski definition) is 0. The average Bonchev–Trinajstić information content (AvgIpc) is 2.68. The van der Waals surface area contributed by atoms with E-state index >= 15 is 0 Å². The summed E-state index contributed by atoms with van der Waals surface area (Å²) in [4.78, 5) is 38.8. The molecule has 0 saturated heterocycles. The summed E-state index contributed by atoms with van der Waals surface area (Å²) in [5.74, 6) is -1.78. The van der Waals surface area contributed by atoms with Crippen molar-refractivity contribution in [1.29, 1.82) is 0 Å². The van der Waals surface area contributed by atoms with Gasteiger partial charge in [0.25, 0.3) is 5.91 Å². The highest BCUT2D eigenvalue weighted by atomic mass is 16.5. The van der Waals surface area contributed by atoms with E-state index < -0.39 is 17.8 Å². The summed E-state index contributed by atoms with van der Waals surface area (Å²) >= 11 is 0. The van der Waals surface area contributed by atoms with Crippen molar-refractivity contribution < 1.29 is 23.9 Å². The predicted octanol–water partition coefficient (Wildman–Crippen LogP) is 3.19. The first kappa shape index (κ1) is 21.6. The van der Waals surface area contributed by atoms with Crippen LogP contribution in [0.25, 0.3) is 0 Å². The number of ether oxygens (including phenoxy) is 2. The highest BCUT2D eigenvalue weighted by Gasteiger charge is 2.24. The Hall–Kier alpha value is -3.41. The molecule has 0 bridgehead atoms. The molecule has 142 valence electrons. The molecule has 6 nitrogen and oxygen atoms in total. The van der Waals surface area contributed by atoms with Gasteiger partial charge in [0, 0.05) is 13.1 Å². The van der Waals surface area contributed by atoms with Crippen molar-refractivity contribution in [2.24, 2.45) is 0 Å². The van der Waals surface area contributed by atoms with E-state index in [0.717, 1.165) is 0 Å². The quantitative estimate of drug-likeness (QED) is 0.442. The van der Waals surface area contributed by atoms with Gasteiger partial charge in [-0.2, -0.15) is 0 Å². The maximum atomic E-state index is 12.9. The summed E-state index contributed by atoms with van der Waals surface area (Å²) in [6, 6.07) is 4.08. The predicted molar refractivity (Wildman–Crippen MR) is 104 cm³/mol. The van der Waals surface area contributed by atoms with Crippen LogP contribution < -0.4 is 0 Å². The molecule has 0 spiro atoms. The molecule has 1 amide bonds. The molecule has 0 N–H and O–H groups in total. The lowest BCUT2D eigenvalue weighted by molar-refractivity contribution is 0.0531. The van der Waals surface area contributed by atoms with Crippen molar-refractivity contribution >= 4 is 17.8 Å². The Labute approximate surface area is 159 Å². The Morgan fingerprint density at radius 2 is 1.37 bits per heavy atom. The fourth-order valence-electron chi connectivity index (χ4n) is 2.18. The van der Waals surface area contributed by atoms with Crippen molar-refractivity contribution in [3.8, 4) is 0 Å². The van der Waals surface area contributed by atoms with E-state index in [0.29, 0.717) is 0 Å². The molecular weight excluding hydrogens is 346 g/mol. The van der Waals surface area contributed by atoms with Crippen molar-refractivity contribution in [3.05, 3.63) is 85.5 Å². The lowest BCUT2D eigenvalue weighted by Crippen LogP contribution is -2.33. The molecule has 1 rings (SSSR count). The number of amides is 1. The molecule has 1 aromatic rings. The fourth-order valence-corrected chi connectivity index (χ4v) is 2.18. The van der Waals surface area contributed by atoms with Crippen LogP contribution in [0.1, 0.15) is 31.1 Å². The topological polar surface area (TPSA) is 72.9 Å². The molecule has 0 unspecified atom stereocenters. The third-order valence-corrected chi connectivity index (χ3v) is 3.36. The van der Waals surface area contributed by atoms with Gasteiger partial charge in [-0.3, -0.25) is 4.79 Å². The van der Waals surface area contributed by atoms with Gasteiger partial charge < -0.3 is 14.4 Å². The number of nitrogens with zero attached hydrogens (tertiary/aromatic N) is 1. The second kappa shape index (κ2) is 11.3. The van der Waals surface area contributed by atoms with Crippen LogP contribution in [0.15, 0.2) is 68.8 Å². The molecule has 6 heteroatoms. The Kier molecular flexibility index (Phi) is 9.02. The zero-order valence-corrected chi connectivity index (χ0v) is 15.2. The van der Waals surface area contributed by atoms with Gasteiger partial charge in [0.15, 0.2) is 0 Å². The van der Waals surface area contributed by atoms with Gasteiger partial charge in [-0.1, -0.05) is 37.5 Å². The largest absolute Gasteiger partial charge is 0.458 e. The summed E-state index contributed by atoms with van der Waals surface area (Å²) in [5, 5.41) is 0. The molecule has 0 radical (unpaired) electrons. The van der Waals surface area contributed by atoms with Gasteiger partial charge in [-0.25, -0.2) is 9.59 Å². The fraction of sp³-hybridized carbons (Fsp3) is 0.190. The van der Waals surface area contributed by atoms with E-state index in [1.165, 1.54) is 35.3 Å². The maximum absolute atomic E-state index is 12.9. The minimum atomic E-state index is -0.693. The molecule has 0 aliphatic carbocycles. The van der Waals surface area contributed by atoms with E-state index in [1.807, 2.05) is 0 Å². The lowest BCUT2D eigenvalue weighted by Gasteiger charge is -2.21. The second-order valence-electron chi connectivity index (χ2n) is 5.32. The molecule has 1 aromatic carbocycles. The van der Waals surface area contributed by atoms with E-state index in [4.69, 9.17) is 9.47 Å². The van der Waals surface area contributed by atoms with Crippen LogP contribution >= 0.6 is 0 Å². The van der Waals surface area contributed by atoms with Gasteiger partial charge in [-0.05, 0) is 18.2 Å². The Morgan fingerprint density at radius 1 is 0.815 bits per heavy atom. The lowest BCUT2D eigenvalue weighted by atomic mass is 10.0. The molecule has 0 aliphatic heterocycles. The Morgan fingerprint density at radius 3 is 1.89 bits per heavy atom. The molecule has 0 aromatic heterocycles. The number of carbonyl (C=O) groups is 3. The van der Waals surface area contributed by atoms with E-state index in [-0.39, 0.29) is 43.0 Å². The summed E-state index contributed by atoms with van der Waals surface area (Å²) in [6.45, 7) is 14.7. The summed E-state index contributed by atoms with van der Waals surface area (Å²) in [5.41, 5.74) is 0.207. The monoisotopic (exact) mass is 369 g/mol. The van der Waals surface area contributed by atoms with Crippen LogP contribution in [0.4, 0.5) is 0 Å². The zero-order chi connectivity index (χ0) is 20.2. The second-order valence-corrected chi connectivity index (χ2v) is 5.32. The number of rotatable bonds is 11. The van der Waals surface area contributed by atoms with Gasteiger partial charge in [0.05, 0.1) is 16.7 Å². The third kappa shape index (κ3) is 6.11. The van der Waals surface area contributed by atoms with Crippen molar-refractivity contribution in [2.75, 3.05) is 26.3 Å². The van der Waals surface area contributed by atoms with Crippen LogP contribution in [0.2, 0.25) is 0 Å². The molecule has 0 fully saturated rings. The van der Waals surface area contributed by atoms with Crippen molar-refractivity contribution in [3.63, 3.8) is 0 Å². The Balaban J connectivity index is 3.35. The van der Waals surface area contributed by atoms with Crippen LogP contribution in [0.5, 0.6) is 0 Å². The minimum Gasteiger partial charge on any atom is -0.458 e. The SMILES string of the molecule is C=CCOC(=O)c1ccc(C(=O)OCC=C)c(C(=O)N(CC=C)CC=C)c1. The zero-order valence-electron chi connectivity index (χ0n) is 15.2. The molecule has 27 heavy (non-hydrogen) atoms. The first-order valence-corrected chi connectivity index (χ1v) is 8.21. The molecular formula is C21H23NO5. The van der Waals surface area contributed by atoms with Crippen molar-refractivity contribution in [2.45, 2.75) is 0 Å². The highest BCUT2D eigenvalue weighted by molar-refractivity contribution is 6.07. The molecule has 0 saturated carbocycles. The van der Waals surface area contributed by atoms with E-state index in [1.54, 1.807) is 12.2 Å². The number of carbonyl (C=O) groups excluding carboxylic acids is 3. The molecule has 0 aliphatic rings. The van der Waals surface area contributed by atoms with E-state index in [2.05, 4.69) is 26.3 Å². The molecule has 0 atom stereocenters. The van der Waals surface area contributed by atoms with Crippen LogP contribution in [-0.4, -0.2) is 49.0 Å². The third-order valence-electron chi connectivity index (χ3n) is 3.36. The molecule has 0 heterocycles. The maximum Gasteiger partial charge on any atom is 0.339 e. The normalized spacial score (nSPS) is 9.63. The first-order chi connectivity index (χ1) is 13.0. The summed E-state index contributed by atoms with van der Waals surface area (Å²) in [7, 11) is 0. The standard InChI is InChI=1S/C21H23NO5/c1-5-11-22(12-6-2)19(23)18-15-16(20(24)26-13-7-3)9-10-17(18)21(25)27-14-8-4/h5-10,15H,1-4,11-14H2. The van der Waals surface area contributed by atoms with Crippen LogP contribution in [0, 0.1) is 0 Å². The van der Waals surface area contributed by atoms with Gasteiger partial charge in [0.1, 0.15) is 13.2 Å². The summed E-state index contributed by atoms with van der Waals surface area (Å²) < 4.78 is 10.0. The smallest absolute Gasteiger partial charge is 0.339 e. The summed E-state index contributed by atoms with van der Waals surface area (Å²) in [6.07, 6.45) is 5.96. The van der Waals surface area contributed by atoms with Gasteiger partial charge in [0.2, 0.25) is 0 Å². The Bertz CT molecular complexity index is 741. The minimum absolute atomic E-state index is 0.00137. The number of benzene rings is 1. The average molecular weight is 369 g/mol. The van der Waals surface area contributed by atoms with Crippen LogP contribution in [0.3, 0.4) is 0 Å². The van der Waals surface area contributed by atoms with Gasteiger partial charge in [-0.15, -0.1) is 13.2 Å². The van der Waals surface area contributed by atoms with Gasteiger partial charge >= 0.3 is 11.9 Å². The highest BCUT2D eigenvalue weighted by Crippen LogP contribution is 2.17. The van der Waals surface area contributed by atoms with Crippen molar-refractivity contribution in [1.82, 2.24) is 4.90 Å². The number of hydrogen-bond acceptors (Lipinski definition) is 5. The number of esters is 2. The van der Waals surface area contributed by atoms with E-state index in [9.17, 15) is 14.4 Å². The first-order valence-electron chi connectivity index (χ1n) is 8.21. The van der Waals surface area contributed by atoms with Crippen LogP contribution in [-0.2, 0) is 9.47 Å².